The van der Waals surface area contributed by atoms with Gasteiger partial charge >= 0.3 is 11.9 Å². The number of hydrogen-bond acceptors (Lipinski definition) is 4. The number of hydrogen-bond donors (Lipinski definition) is 0. The lowest BCUT2D eigenvalue weighted by Crippen LogP contribution is -2.60. The van der Waals surface area contributed by atoms with Crippen molar-refractivity contribution >= 4 is 11.9 Å². The van der Waals surface area contributed by atoms with E-state index in [4.69, 9.17) is 9.47 Å². The number of fused-ring (bicyclic) bond motifs is 3. The highest BCUT2D eigenvalue weighted by atomic mass is 16.6. The van der Waals surface area contributed by atoms with E-state index in [2.05, 4.69) is 0 Å². The molecule has 2 bridgehead atoms. The third-order valence-corrected chi connectivity index (χ3v) is 6.14. The number of carbonyl (C=O) groups excluding carboxylic acids is 2. The number of rotatable bonds is 4. The van der Waals surface area contributed by atoms with Crippen LogP contribution >= 0.6 is 0 Å². The molecule has 0 N–H and O–H groups in total. The molecule has 2 unspecified atom stereocenters. The summed E-state index contributed by atoms with van der Waals surface area (Å²) in [6.45, 7) is 1.94. The van der Waals surface area contributed by atoms with Crippen molar-refractivity contribution in [3.8, 4) is 0 Å². The van der Waals surface area contributed by atoms with Crippen molar-refractivity contribution in [1.29, 1.82) is 0 Å². The van der Waals surface area contributed by atoms with Gasteiger partial charge in [0.2, 0.25) is 0 Å². The van der Waals surface area contributed by atoms with Crippen molar-refractivity contribution in [2.75, 3.05) is 0 Å². The summed E-state index contributed by atoms with van der Waals surface area (Å²) in [6, 6.07) is 18.0. The minimum absolute atomic E-state index is 0.212. The summed E-state index contributed by atoms with van der Waals surface area (Å²) in [5, 5.41) is 0. The van der Waals surface area contributed by atoms with Gasteiger partial charge in [-0.2, -0.15) is 0 Å². The van der Waals surface area contributed by atoms with E-state index in [-0.39, 0.29) is 23.8 Å². The van der Waals surface area contributed by atoms with Crippen LogP contribution in [0.15, 0.2) is 60.7 Å². The molecule has 0 saturated heterocycles. The van der Waals surface area contributed by atoms with E-state index in [1.165, 1.54) is 0 Å². The SMILES string of the molecule is CC1(OC(=O)c2ccccc2)C2CCC(CC2)C1OC(=O)c1ccccc1. The lowest BCUT2D eigenvalue weighted by atomic mass is 9.60. The standard InChI is InChI=1S/C23H24O4/c1-23(27-22(25)18-10-6-3-7-11-18)19-14-12-16(13-15-19)20(23)26-21(24)17-8-4-2-5-9-17/h2-11,16,19-20H,12-15H2,1H3. The lowest BCUT2D eigenvalue weighted by Gasteiger charge is -2.53. The van der Waals surface area contributed by atoms with E-state index in [1.807, 2.05) is 43.3 Å². The number of esters is 2. The van der Waals surface area contributed by atoms with Crippen molar-refractivity contribution in [2.45, 2.75) is 44.3 Å². The molecule has 0 aliphatic heterocycles. The molecule has 2 aromatic carbocycles. The van der Waals surface area contributed by atoms with Crippen LogP contribution in [0.1, 0.15) is 53.3 Å². The summed E-state index contributed by atoms with van der Waals surface area (Å²) in [5.41, 5.74) is 0.252. The molecule has 4 heteroatoms. The molecule has 2 atom stereocenters. The molecular formula is C23H24O4. The summed E-state index contributed by atoms with van der Waals surface area (Å²) in [5.74, 6) is -0.262. The highest BCUT2D eigenvalue weighted by Gasteiger charge is 2.56. The summed E-state index contributed by atoms with van der Waals surface area (Å²) in [6.07, 6.45) is 3.61. The average Bonchev–Trinajstić information content (AvgIpc) is 2.72. The molecule has 2 aromatic rings. The van der Waals surface area contributed by atoms with E-state index < -0.39 is 11.7 Å². The molecule has 5 rings (SSSR count). The van der Waals surface area contributed by atoms with E-state index in [0.29, 0.717) is 11.1 Å². The van der Waals surface area contributed by atoms with E-state index in [0.717, 1.165) is 25.7 Å². The zero-order chi connectivity index (χ0) is 18.9. The topological polar surface area (TPSA) is 52.6 Å². The Morgan fingerprint density at radius 1 is 0.815 bits per heavy atom. The maximum Gasteiger partial charge on any atom is 0.338 e. The summed E-state index contributed by atoms with van der Waals surface area (Å²) in [7, 11) is 0. The molecule has 3 aliphatic rings. The smallest absolute Gasteiger partial charge is 0.338 e. The molecule has 0 amide bonds. The fourth-order valence-corrected chi connectivity index (χ4v) is 4.64. The van der Waals surface area contributed by atoms with Crippen LogP contribution in [-0.2, 0) is 9.47 Å². The summed E-state index contributed by atoms with van der Waals surface area (Å²) >= 11 is 0. The quantitative estimate of drug-likeness (QED) is 0.741. The molecule has 27 heavy (non-hydrogen) atoms. The normalized spacial score (nSPS) is 29.1. The van der Waals surface area contributed by atoms with E-state index in [1.54, 1.807) is 24.3 Å². The molecule has 0 aromatic heterocycles. The maximum absolute atomic E-state index is 12.7. The number of benzene rings is 2. The third-order valence-electron chi connectivity index (χ3n) is 6.14. The fourth-order valence-electron chi connectivity index (χ4n) is 4.64. The van der Waals surface area contributed by atoms with Crippen LogP contribution in [0, 0.1) is 11.8 Å². The van der Waals surface area contributed by atoms with Crippen LogP contribution in [0.25, 0.3) is 0 Å². The zero-order valence-electron chi connectivity index (χ0n) is 15.5. The Labute approximate surface area is 159 Å². The molecule has 0 heterocycles. The number of ether oxygens (including phenoxy) is 2. The van der Waals surface area contributed by atoms with Crippen molar-refractivity contribution in [3.63, 3.8) is 0 Å². The fraction of sp³-hybridized carbons (Fsp3) is 0.391. The van der Waals surface area contributed by atoms with Gasteiger partial charge in [0, 0.05) is 5.92 Å². The lowest BCUT2D eigenvalue weighted by molar-refractivity contribution is -0.180. The first-order chi connectivity index (χ1) is 13.1. The van der Waals surface area contributed by atoms with E-state index >= 15 is 0 Å². The zero-order valence-corrected chi connectivity index (χ0v) is 15.5. The molecular weight excluding hydrogens is 340 g/mol. The highest BCUT2D eigenvalue weighted by molar-refractivity contribution is 5.90. The first-order valence-electron chi connectivity index (χ1n) is 9.62. The van der Waals surface area contributed by atoms with Gasteiger partial charge in [0.05, 0.1) is 11.1 Å². The molecule has 4 nitrogen and oxygen atoms in total. The third kappa shape index (κ3) is 3.36. The first kappa shape index (κ1) is 17.8. The second kappa shape index (κ2) is 7.18. The highest BCUT2D eigenvalue weighted by Crippen LogP contribution is 2.51. The van der Waals surface area contributed by atoms with Gasteiger partial charge in [-0.15, -0.1) is 0 Å². The molecule has 0 spiro atoms. The average molecular weight is 364 g/mol. The Bertz CT molecular complexity index is 809. The minimum Gasteiger partial charge on any atom is -0.454 e. The molecule has 0 radical (unpaired) electrons. The Morgan fingerprint density at radius 3 is 1.89 bits per heavy atom. The Balaban J connectivity index is 1.58. The van der Waals surface area contributed by atoms with Crippen molar-refractivity contribution < 1.29 is 19.1 Å². The minimum atomic E-state index is -0.793. The molecule has 3 aliphatic carbocycles. The summed E-state index contributed by atoms with van der Waals surface area (Å²) in [4.78, 5) is 25.4. The van der Waals surface area contributed by atoms with Gasteiger partial charge < -0.3 is 9.47 Å². The predicted octanol–water partition coefficient (Wildman–Crippen LogP) is 4.65. The Hall–Kier alpha value is -2.62. The van der Waals surface area contributed by atoms with Crippen LogP contribution in [-0.4, -0.2) is 23.6 Å². The van der Waals surface area contributed by atoms with Crippen molar-refractivity contribution in [3.05, 3.63) is 71.8 Å². The van der Waals surface area contributed by atoms with Crippen molar-refractivity contribution in [2.24, 2.45) is 11.8 Å². The molecule has 3 fully saturated rings. The van der Waals surface area contributed by atoms with Gasteiger partial charge in [0.25, 0.3) is 0 Å². The van der Waals surface area contributed by atoms with Crippen LogP contribution in [0.2, 0.25) is 0 Å². The van der Waals surface area contributed by atoms with Crippen LogP contribution in [0.5, 0.6) is 0 Å². The largest absolute Gasteiger partial charge is 0.454 e. The van der Waals surface area contributed by atoms with Crippen LogP contribution in [0.3, 0.4) is 0 Å². The first-order valence-corrected chi connectivity index (χ1v) is 9.62. The Morgan fingerprint density at radius 2 is 1.33 bits per heavy atom. The van der Waals surface area contributed by atoms with Gasteiger partial charge in [0.15, 0.2) is 0 Å². The predicted molar refractivity (Wildman–Crippen MR) is 101 cm³/mol. The van der Waals surface area contributed by atoms with Crippen molar-refractivity contribution in [1.82, 2.24) is 0 Å². The molecule has 3 saturated carbocycles. The van der Waals surface area contributed by atoms with E-state index in [9.17, 15) is 9.59 Å². The maximum atomic E-state index is 12.7. The molecule has 140 valence electrons. The number of carbonyl (C=O) groups is 2. The Kier molecular flexibility index (Phi) is 4.73. The van der Waals surface area contributed by atoms with Gasteiger partial charge in [-0.25, -0.2) is 9.59 Å². The van der Waals surface area contributed by atoms with Gasteiger partial charge in [-0.3, -0.25) is 0 Å². The van der Waals surface area contributed by atoms with Crippen LogP contribution < -0.4 is 0 Å². The van der Waals surface area contributed by atoms with Gasteiger partial charge in [-0.05, 0) is 62.8 Å². The van der Waals surface area contributed by atoms with Gasteiger partial charge in [-0.1, -0.05) is 36.4 Å². The van der Waals surface area contributed by atoms with Gasteiger partial charge in [0.1, 0.15) is 11.7 Å². The summed E-state index contributed by atoms with van der Waals surface area (Å²) < 4.78 is 12.0. The second-order valence-electron chi connectivity index (χ2n) is 7.74. The second-order valence-corrected chi connectivity index (χ2v) is 7.74. The van der Waals surface area contributed by atoms with Crippen LogP contribution in [0.4, 0.5) is 0 Å². The monoisotopic (exact) mass is 364 g/mol.